The Hall–Kier alpha value is -0.850. The maximum absolute atomic E-state index is 12.4. The van der Waals surface area contributed by atoms with Crippen molar-refractivity contribution in [2.24, 2.45) is 5.41 Å². The first-order valence-electron chi connectivity index (χ1n) is 7.66. The number of rotatable bonds is 7. The molecule has 1 aromatic rings. The fourth-order valence-electron chi connectivity index (χ4n) is 2.88. The van der Waals surface area contributed by atoms with Gasteiger partial charge in [0.1, 0.15) is 16.4 Å². The van der Waals surface area contributed by atoms with Crippen LogP contribution in [-0.2, 0) is 16.6 Å². The van der Waals surface area contributed by atoms with Gasteiger partial charge in [-0.3, -0.25) is 0 Å². The molecule has 0 aromatic carbocycles. The van der Waals surface area contributed by atoms with E-state index < -0.39 is 10.0 Å². The number of furan rings is 1. The highest BCUT2D eigenvalue weighted by Crippen LogP contribution is 2.37. The largest absolute Gasteiger partial charge is 0.464 e. The van der Waals surface area contributed by atoms with E-state index in [1.54, 1.807) is 13.0 Å². The molecule has 0 bridgehead atoms. The minimum absolute atomic E-state index is 0.0946. The molecular formula is C15H26N2O3S. The molecule has 0 radical (unpaired) electrons. The monoisotopic (exact) mass is 314 g/mol. The van der Waals surface area contributed by atoms with E-state index in [0.717, 1.165) is 19.4 Å². The van der Waals surface area contributed by atoms with Crippen molar-refractivity contribution < 1.29 is 12.8 Å². The van der Waals surface area contributed by atoms with Gasteiger partial charge in [0.25, 0.3) is 0 Å². The van der Waals surface area contributed by atoms with Gasteiger partial charge in [-0.2, -0.15) is 0 Å². The second-order valence-corrected chi connectivity index (χ2v) is 7.99. The van der Waals surface area contributed by atoms with Gasteiger partial charge in [0.15, 0.2) is 0 Å². The van der Waals surface area contributed by atoms with Crippen LogP contribution in [0.15, 0.2) is 15.4 Å². The van der Waals surface area contributed by atoms with E-state index in [-0.39, 0.29) is 10.3 Å². The van der Waals surface area contributed by atoms with E-state index in [9.17, 15) is 8.42 Å². The van der Waals surface area contributed by atoms with Crippen molar-refractivity contribution >= 4 is 10.0 Å². The average Bonchev–Trinajstić information content (AvgIpc) is 3.02. The van der Waals surface area contributed by atoms with Crippen LogP contribution >= 0.6 is 0 Å². The van der Waals surface area contributed by atoms with Gasteiger partial charge in [-0.1, -0.05) is 26.7 Å². The third-order valence-electron chi connectivity index (χ3n) is 4.26. The average molecular weight is 314 g/mol. The van der Waals surface area contributed by atoms with Crippen molar-refractivity contribution in [3.63, 3.8) is 0 Å². The second-order valence-electron chi connectivity index (χ2n) is 6.26. The Kier molecular flexibility index (Phi) is 5.11. The lowest BCUT2D eigenvalue weighted by Gasteiger charge is -2.23. The van der Waals surface area contributed by atoms with Gasteiger partial charge in [-0.05, 0) is 31.7 Å². The van der Waals surface area contributed by atoms with Gasteiger partial charge in [0, 0.05) is 12.6 Å². The maximum atomic E-state index is 12.4. The van der Waals surface area contributed by atoms with Crippen molar-refractivity contribution in [1.82, 2.24) is 10.0 Å². The van der Waals surface area contributed by atoms with Gasteiger partial charge < -0.3 is 9.73 Å². The highest BCUT2D eigenvalue weighted by Gasteiger charge is 2.31. The summed E-state index contributed by atoms with van der Waals surface area (Å²) in [6.07, 6.45) is 4.56. The van der Waals surface area contributed by atoms with Gasteiger partial charge in [0.05, 0.1) is 6.54 Å². The molecule has 1 fully saturated rings. The standard InChI is InChI=1S/C15H26N2O3S/c1-4-16-10-13-9-14(12(2)20-13)21(18,19)17-11-15(3)7-5-6-8-15/h9,16-17H,4-8,10-11H2,1-3H3. The predicted molar refractivity (Wildman–Crippen MR) is 82.6 cm³/mol. The topological polar surface area (TPSA) is 71.3 Å². The normalized spacial score (nSPS) is 18.2. The van der Waals surface area contributed by atoms with Gasteiger partial charge >= 0.3 is 0 Å². The minimum Gasteiger partial charge on any atom is -0.464 e. The number of aryl methyl sites for hydroxylation is 1. The Bertz CT molecular complexity index is 572. The lowest BCUT2D eigenvalue weighted by atomic mass is 9.89. The van der Waals surface area contributed by atoms with Crippen molar-refractivity contribution in [2.45, 2.75) is 57.9 Å². The van der Waals surface area contributed by atoms with Crippen molar-refractivity contribution in [3.05, 3.63) is 17.6 Å². The molecule has 1 aliphatic carbocycles. The van der Waals surface area contributed by atoms with Crippen LogP contribution in [0.1, 0.15) is 51.1 Å². The number of hydrogen-bond acceptors (Lipinski definition) is 4. The highest BCUT2D eigenvalue weighted by atomic mass is 32.2. The fraction of sp³-hybridized carbons (Fsp3) is 0.733. The van der Waals surface area contributed by atoms with Crippen LogP contribution in [-0.4, -0.2) is 21.5 Å². The SMILES string of the molecule is CCNCc1cc(S(=O)(=O)NCC2(C)CCCC2)c(C)o1. The van der Waals surface area contributed by atoms with E-state index >= 15 is 0 Å². The first kappa shape index (κ1) is 16.5. The third-order valence-corrected chi connectivity index (χ3v) is 5.77. The van der Waals surface area contributed by atoms with Crippen molar-refractivity contribution in [1.29, 1.82) is 0 Å². The highest BCUT2D eigenvalue weighted by molar-refractivity contribution is 7.89. The van der Waals surface area contributed by atoms with E-state index in [1.165, 1.54) is 12.8 Å². The Morgan fingerprint density at radius 1 is 1.33 bits per heavy atom. The molecule has 0 saturated heterocycles. The van der Waals surface area contributed by atoms with Crippen LogP contribution in [0.5, 0.6) is 0 Å². The summed E-state index contributed by atoms with van der Waals surface area (Å²) in [7, 11) is -3.49. The van der Waals surface area contributed by atoms with Crippen molar-refractivity contribution in [2.75, 3.05) is 13.1 Å². The number of sulfonamides is 1. The summed E-state index contributed by atoms with van der Waals surface area (Å²) in [6, 6.07) is 1.62. The zero-order chi connectivity index (χ0) is 15.5. The van der Waals surface area contributed by atoms with Crippen LogP contribution in [0.2, 0.25) is 0 Å². The summed E-state index contributed by atoms with van der Waals surface area (Å²) in [5.41, 5.74) is 0.0946. The molecule has 1 aliphatic rings. The Balaban J connectivity index is 2.06. The fourth-order valence-corrected chi connectivity index (χ4v) is 4.28. The molecule has 120 valence electrons. The zero-order valence-corrected chi connectivity index (χ0v) is 14.0. The molecule has 0 aliphatic heterocycles. The third kappa shape index (κ3) is 4.08. The molecule has 1 aromatic heterocycles. The summed E-state index contributed by atoms with van der Waals surface area (Å²) < 4.78 is 33.2. The zero-order valence-electron chi connectivity index (χ0n) is 13.2. The molecule has 2 rings (SSSR count). The predicted octanol–water partition coefficient (Wildman–Crippen LogP) is 2.56. The summed E-state index contributed by atoms with van der Waals surface area (Å²) in [5.74, 6) is 1.11. The summed E-state index contributed by atoms with van der Waals surface area (Å²) in [5, 5.41) is 3.13. The lowest BCUT2D eigenvalue weighted by molar-refractivity contribution is 0.336. The second kappa shape index (κ2) is 6.50. The molecule has 0 atom stereocenters. The van der Waals surface area contributed by atoms with Gasteiger partial charge in [-0.15, -0.1) is 0 Å². The molecule has 0 amide bonds. The first-order chi connectivity index (χ1) is 9.86. The number of hydrogen-bond donors (Lipinski definition) is 2. The van der Waals surface area contributed by atoms with E-state index in [1.807, 2.05) is 6.92 Å². The van der Waals surface area contributed by atoms with E-state index in [2.05, 4.69) is 17.0 Å². The van der Waals surface area contributed by atoms with Crippen LogP contribution in [0.25, 0.3) is 0 Å². The molecule has 2 N–H and O–H groups in total. The molecule has 1 heterocycles. The minimum atomic E-state index is -3.49. The van der Waals surface area contributed by atoms with Gasteiger partial charge in [-0.25, -0.2) is 13.1 Å². The van der Waals surface area contributed by atoms with Crippen LogP contribution < -0.4 is 10.0 Å². The molecule has 0 spiro atoms. The lowest BCUT2D eigenvalue weighted by Crippen LogP contribution is -2.34. The number of nitrogens with one attached hydrogen (secondary N) is 2. The summed E-state index contributed by atoms with van der Waals surface area (Å²) in [6.45, 7) is 7.71. The Morgan fingerprint density at radius 3 is 2.62 bits per heavy atom. The van der Waals surface area contributed by atoms with Gasteiger partial charge in [0.2, 0.25) is 10.0 Å². The molecule has 1 saturated carbocycles. The molecule has 21 heavy (non-hydrogen) atoms. The maximum Gasteiger partial charge on any atom is 0.244 e. The Morgan fingerprint density at radius 2 is 2.00 bits per heavy atom. The summed E-state index contributed by atoms with van der Waals surface area (Å²) in [4.78, 5) is 0.261. The van der Waals surface area contributed by atoms with E-state index in [0.29, 0.717) is 24.6 Å². The van der Waals surface area contributed by atoms with Crippen LogP contribution in [0.3, 0.4) is 0 Å². The molecule has 0 unspecified atom stereocenters. The van der Waals surface area contributed by atoms with Crippen LogP contribution in [0.4, 0.5) is 0 Å². The summed E-state index contributed by atoms with van der Waals surface area (Å²) >= 11 is 0. The smallest absolute Gasteiger partial charge is 0.244 e. The molecular weight excluding hydrogens is 288 g/mol. The first-order valence-corrected chi connectivity index (χ1v) is 9.14. The van der Waals surface area contributed by atoms with Crippen molar-refractivity contribution in [3.8, 4) is 0 Å². The quantitative estimate of drug-likeness (QED) is 0.811. The van der Waals surface area contributed by atoms with E-state index in [4.69, 9.17) is 4.42 Å². The molecule has 5 nitrogen and oxygen atoms in total. The molecule has 6 heteroatoms. The Labute approximate surface area is 127 Å². The van der Waals surface area contributed by atoms with Crippen LogP contribution in [0, 0.1) is 12.3 Å².